The lowest BCUT2D eigenvalue weighted by Gasteiger charge is -2.33. The van der Waals surface area contributed by atoms with E-state index in [9.17, 15) is 9.59 Å². The van der Waals surface area contributed by atoms with Crippen LogP contribution in [0.5, 0.6) is 11.5 Å². The van der Waals surface area contributed by atoms with Gasteiger partial charge in [0.25, 0.3) is 5.56 Å². The number of aryl methyl sites for hydroxylation is 1. The summed E-state index contributed by atoms with van der Waals surface area (Å²) in [5.74, 6) is 2.17. The maximum Gasteiger partial charge on any atom is 0.323 e. The fourth-order valence-corrected chi connectivity index (χ4v) is 4.29. The second kappa shape index (κ2) is 10.4. The van der Waals surface area contributed by atoms with E-state index in [1.54, 1.807) is 19.1 Å². The number of nitrogens with zero attached hydrogens (tertiary/aromatic N) is 2. The molecule has 1 aliphatic rings. The molecule has 0 saturated heterocycles. The SMILES string of the molecule is COc1ccc(Cc2nc3c(c(=O)[nH]2)CNC(=O)N3C(C)CCCc2ccccc2)cc1OC. The Morgan fingerprint density at radius 3 is 2.53 bits per heavy atom. The van der Waals surface area contributed by atoms with Crippen molar-refractivity contribution in [3.63, 3.8) is 0 Å². The first-order valence-corrected chi connectivity index (χ1v) is 11.4. The molecule has 1 aromatic heterocycles. The molecule has 0 bridgehead atoms. The van der Waals surface area contributed by atoms with Crippen LogP contribution in [-0.4, -0.2) is 36.3 Å². The standard InChI is InChI=1S/C26H30N4O4/c1-17(8-7-11-18-9-5-4-6-10-18)30-24-20(16-27-26(30)32)25(31)29-23(28-24)15-19-12-13-21(33-2)22(14-19)34-3/h4-6,9-10,12-14,17H,7-8,11,15-16H2,1-3H3,(H,27,32)(H,28,29,31). The van der Waals surface area contributed by atoms with Crippen LogP contribution in [0.4, 0.5) is 10.6 Å². The molecule has 2 aromatic carbocycles. The Balaban J connectivity index is 1.55. The number of carbonyl (C=O) groups is 1. The van der Waals surface area contributed by atoms with E-state index in [1.165, 1.54) is 5.56 Å². The molecule has 8 heteroatoms. The Hall–Kier alpha value is -3.81. The molecule has 4 rings (SSSR count). The minimum atomic E-state index is -0.234. The minimum absolute atomic E-state index is 0.106. The first-order valence-electron chi connectivity index (χ1n) is 11.4. The summed E-state index contributed by atoms with van der Waals surface area (Å²) in [6, 6.07) is 15.5. The fourth-order valence-electron chi connectivity index (χ4n) is 4.29. The van der Waals surface area contributed by atoms with E-state index in [0.717, 1.165) is 24.8 Å². The number of carbonyl (C=O) groups excluding carboxylic acids is 1. The van der Waals surface area contributed by atoms with Crippen LogP contribution < -0.4 is 25.2 Å². The Kier molecular flexibility index (Phi) is 7.15. The van der Waals surface area contributed by atoms with Crippen LogP contribution >= 0.6 is 0 Å². The monoisotopic (exact) mass is 462 g/mol. The van der Waals surface area contributed by atoms with Gasteiger partial charge in [0, 0.05) is 12.5 Å². The first-order chi connectivity index (χ1) is 16.5. The van der Waals surface area contributed by atoms with Crippen molar-refractivity contribution in [3.05, 3.63) is 81.4 Å². The predicted molar refractivity (Wildman–Crippen MR) is 131 cm³/mol. The number of rotatable bonds is 9. The number of aromatic amines is 1. The van der Waals surface area contributed by atoms with Crippen LogP contribution in [0.2, 0.25) is 0 Å². The molecule has 34 heavy (non-hydrogen) atoms. The number of ether oxygens (including phenoxy) is 2. The number of amides is 2. The second-order valence-corrected chi connectivity index (χ2v) is 8.44. The number of hydrogen-bond acceptors (Lipinski definition) is 5. The van der Waals surface area contributed by atoms with Gasteiger partial charge >= 0.3 is 6.03 Å². The third-order valence-electron chi connectivity index (χ3n) is 6.10. The largest absolute Gasteiger partial charge is 0.493 e. The zero-order valence-corrected chi connectivity index (χ0v) is 19.8. The Morgan fingerprint density at radius 2 is 1.79 bits per heavy atom. The van der Waals surface area contributed by atoms with E-state index < -0.39 is 0 Å². The molecule has 8 nitrogen and oxygen atoms in total. The van der Waals surface area contributed by atoms with Gasteiger partial charge in [-0.25, -0.2) is 9.78 Å². The van der Waals surface area contributed by atoms with Crippen molar-refractivity contribution in [2.24, 2.45) is 0 Å². The average molecular weight is 463 g/mol. The van der Waals surface area contributed by atoms with E-state index in [1.807, 2.05) is 43.3 Å². The van der Waals surface area contributed by atoms with Gasteiger partial charge in [-0.2, -0.15) is 0 Å². The summed E-state index contributed by atoms with van der Waals surface area (Å²) in [4.78, 5) is 34.9. The third kappa shape index (κ3) is 5.06. The molecule has 0 spiro atoms. The number of nitrogens with one attached hydrogen (secondary N) is 2. The van der Waals surface area contributed by atoms with Gasteiger partial charge in [0.05, 0.1) is 26.3 Å². The Bertz CT molecular complexity index is 1210. The number of urea groups is 1. The third-order valence-corrected chi connectivity index (χ3v) is 6.10. The maximum absolute atomic E-state index is 12.9. The second-order valence-electron chi connectivity index (χ2n) is 8.44. The molecule has 0 aliphatic carbocycles. The summed E-state index contributed by atoms with van der Waals surface area (Å²) in [5, 5.41) is 2.81. The lowest BCUT2D eigenvalue weighted by atomic mass is 10.0. The van der Waals surface area contributed by atoms with Crippen molar-refractivity contribution in [2.45, 2.75) is 45.2 Å². The molecule has 1 unspecified atom stereocenters. The van der Waals surface area contributed by atoms with Crippen molar-refractivity contribution in [1.82, 2.24) is 15.3 Å². The molecule has 2 heterocycles. The average Bonchev–Trinajstić information content (AvgIpc) is 2.84. The molecular formula is C26H30N4O4. The fraction of sp³-hybridized carbons (Fsp3) is 0.346. The van der Waals surface area contributed by atoms with Gasteiger partial charge in [-0.1, -0.05) is 36.4 Å². The van der Waals surface area contributed by atoms with E-state index in [2.05, 4.69) is 22.4 Å². The van der Waals surface area contributed by atoms with Crippen LogP contribution in [0.25, 0.3) is 0 Å². The molecule has 2 N–H and O–H groups in total. The van der Waals surface area contributed by atoms with Gasteiger partial charge in [-0.15, -0.1) is 0 Å². The number of hydrogen-bond donors (Lipinski definition) is 2. The highest BCUT2D eigenvalue weighted by atomic mass is 16.5. The lowest BCUT2D eigenvalue weighted by Crippen LogP contribution is -2.51. The Labute approximate surface area is 198 Å². The van der Waals surface area contributed by atoms with Crippen LogP contribution in [0.15, 0.2) is 53.3 Å². The van der Waals surface area contributed by atoms with Gasteiger partial charge < -0.3 is 19.8 Å². The molecule has 1 atom stereocenters. The highest BCUT2D eigenvalue weighted by molar-refractivity contribution is 5.94. The molecule has 1 aliphatic heterocycles. The maximum atomic E-state index is 12.9. The molecule has 3 aromatic rings. The Morgan fingerprint density at radius 1 is 1.03 bits per heavy atom. The van der Waals surface area contributed by atoms with Crippen molar-refractivity contribution >= 4 is 11.8 Å². The number of H-pyrrole nitrogens is 1. The van der Waals surface area contributed by atoms with Crippen molar-refractivity contribution < 1.29 is 14.3 Å². The van der Waals surface area contributed by atoms with Crippen LogP contribution in [0.1, 0.15) is 42.3 Å². The van der Waals surface area contributed by atoms with E-state index in [-0.39, 0.29) is 24.2 Å². The van der Waals surface area contributed by atoms with E-state index >= 15 is 0 Å². The van der Waals surface area contributed by atoms with Crippen LogP contribution in [0, 0.1) is 0 Å². The summed E-state index contributed by atoms with van der Waals surface area (Å²) in [5.41, 5.74) is 2.42. The molecule has 0 radical (unpaired) electrons. The van der Waals surface area contributed by atoms with Gasteiger partial charge in [0.1, 0.15) is 11.6 Å². The number of aromatic nitrogens is 2. The number of anilines is 1. The summed E-state index contributed by atoms with van der Waals surface area (Å²) < 4.78 is 10.7. The highest BCUT2D eigenvalue weighted by Gasteiger charge is 2.31. The summed E-state index contributed by atoms with van der Waals surface area (Å²) >= 11 is 0. The van der Waals surface area contributed by atoms with Crippen LogP contribution in [0.3, 0.4) is 0 Å². The van der Waals surface area contributed by atoms with Crippen molar-refractivity contribution in [1.29, 1.82) is 0 Å². The normalized spacial score (nSPS) is 13.7. The molecule has 0 saturated carbocycles. The number of methoxy groups -OCH3 is 2. The van der Waals surface area contributed by atoms with Crippen LogP contribution in [-0.2, 0) is 19.4 Å². The van der Waals surface area contributed by atoms with Gasteiger partial charge in [0.15, 0.2) is 11.5 Å². The molecular weight excluding hydrogens is 432 g/mol. The predicted octanol–water partition coefficient (Wildman–Crippen LogP) is 3.82. The zero-order valence-electron chi connectivity index (χ0n) is 19.8. The van der Waals surface area contributed by atoms with Gasteiger partial charge in [-0.3, -0.25) is 9.69 Å². The number of benzene rings is 2. The van der Waals surface area contributed by atoms with E-state index in [0.29, 0.717) is 35.1 Å². The highest BCUT2D eigenvalue weighted by Crippen LogP contribution is 2.29. The first kappa shape index (κ1) is 23.4. The van der Waals surface area contributed by atoms with Gasteiger partial charge in [0.2, 0.25) is 0 Å². The topological polar surface area (TPSA) is 96.5 Å². The van der Waals surface area contributed by atoms with Crippen molar-refractivity contribution in [3.8, 4) is 11.5 Å². The van der Waals surface area contributed by atoms with E-state index in [4.69, 9.17) is 14.5 Å². The smallest absolute Gasteiger partial charge is 0.323 e. The molecule has 0 fully saturated rings. The quantitative estimate of drug-likeness (QED) is 0.504. The summed E-state index contributed by atoms with van der Waals surface area (Å²) in [6.07, 6.45) is 3.04. The van der Waals surface area contributed by atoms with Crippen molar-refractivity contribution in [2.75, 3.05) is 19.1 Å². The lowest BCUT2D eigenvalue weighted by molar-refractivity contribution is 0.241. The summed E-state index contributed by atoms with van der Waals surface area (Å²) in [7, 11) is 3.16. The molecule has 2 amide bonds. The molecule has 178 valence electrons. The number of fused-ring (bicyclic) bond motifs is 1. The van der Waals surface area contributed by atoms with Gasteiger partial charge in [-0.05, 0) is 49.4 Å². The minimum Gasteiger partial charge on any atom is -0.493 e. The zero-order chi connectivity index (χ0) is 24.1. The summed E-state index contributed by atoms with van der Waals surface area (Å²) in [6.45, 7) is 2.16.